The van der Waals surface area contributed by atoms with E-state index in [1.165, 1.54) is 44.3 Å². The van der Waals surface area contributed by atoms with Gasteiger partial charge >= 0.3 is 0 Å². The standard InChI is InChI=1S/C12H21N3S2/c16-9-5-2-6-10-17-12-14-13-11-7-3-1-4-8-15(11)12/h16H,1-10H2. The summed E-state index contributed by atoms with van der Waals surface area (Å²) < 4.78 is 2.33. The molecule has 0 aromatic carbocycles. The van der Waals surface area contributed by atoms with E-state index in [1.54, 1.807) is 0 Å². The largest absolute Gasteiger partial charge is 0.306 e. The fourth-order valence-electron chi connectivity index (χ4n) is 2.12. The van der Waals surface area contributed by atoms with Gasteiger partial charge in [0.25, 0.3) is 0 Å². The topological polar surface area (TPSA) is 30.7 Å². The van der Waals surface area contributed by atoms with Crippen LogP contribution in [0.5, 0.6) is 0 Å². The summed E-state index contributed by atoms with van der Waals surface area (Å²) in [6.07, 6.45) is 8.73. The highest BCUT2D eigenvalue weighted by atomic mass is 32.2. The van der Waals surface area contributed by atoms with Gasteiger partial charge in [-0.2, -0.15) is 12.6 Å². The van der Waals surface area contributed by atoms with Crippen LogP contribution in [0.2, 0.25) is 0 Å². The molecule has 0 fully saturated rings. The molecule has 1 aliphatic rings. The zero-order chi connectivity index (χ0) is 11.9. The predicted molar refractivity (Wildman–Crippen MR) is 76.0 cm³/mol. The molecule has 0 spiro atoms. The molecule has 1 aromatic heterocycles. The fourth-order valence-corrected chi connectivity index (χ4v) is 3.32. The summed E-state index contributed by atoms with van der Waals surface area (Å²) in [4.78, 5) is 0. The van der Waals surface area contributed by atoms with E-state index in [0.717, 1.165) is 29.6 Å². The van der Waals surface area contributed by atoms with Crippen LogP contribution < -0.4 is 0 Å². The first-order valence-electron chi connectivity index (χ1n) is 6.57. The third-order valence-corrected chi connectivity index (χ3v) is 4.48. The Morgan fingerprint density at radius 3 is 2.94 bits per heavy atom. The lowest BCUT2D eigenvalue weighted by Gasteiger charge is -2.05. The van der Waals surface area contributed by atoms with E-state index in [4.69, 9.17) is 0 Å². The van der Waals surface area contributed by atoms with Gasteiger partial charge in [-0.05, 0) is 31.4 Å². The Balaban J connectivity index is 1.82. The highest BCUT2D eigenvalue weighted by Gasteiger charge is 2.14. The van der Waals surface area contributed by atoms with E-state index < -0.39 is 0 Å². The maximum atomic E-state index is 4.32. The number of hydrogen-bond donors (Lipinski definition) is 1. The summed E-state index contributed by atoms with van der Waals surface area (Å²) in [5.74, 6) is 3.36. The highest BCUT2D eigenvalue weighted by molar-refractivity contribution is 7.99. The summed E-state index contributed by atoms with van der Waals surface area (Å²) in [6, 6.07) is 0. The van der Waals surface area contributed by atoms with Crippen molar-refractivity contribution < 1.29 is 0 Å². The molecule has 0 amide bonds. The third-order valence-electron chi connectivity index (χ3n) is 3.11. The van der Waals surface area contributed by atoms with Gasteiger partial charge < -0.3 is 4.57 Å². The molecular weight excluding hydrogens is 250 g/mol. The molecule has 3 nitrogen and oxygen atoms in total. The molecule has 5 heteroatoms. The molecule has 0 bridgehead atoms. The first kappa shape index (κ1) is 13.3. The lowest BCUT2D eigenvalue weighted by atomic mass is 10.2. The first-order valence-corrected chi connectivity index (χ1v) is 8.19. The molecule has 2 heterocycles. The van der Waals surface area contributed by atoms with Gasteiger partial charge in [-0.25, -0.2) is 0 Å². The monoisotopic (exact) mass is 271 g/mol. The average molecular weight is 271 g/mol. The Labute approximate surface area is 113 Å². The number of thioether (sulfide) groups is 1. The second-order valence-corrected chi connectivity index (χ2v) is 6.00. The van der Waals surface area contributed by atoms with Crippen LogP contribution in [-0.2, 0) is 13.0 Å². The van der Waals surface area contributed by atoms with Crippen molar-refractivity contribution in [1.82, 2.24) is 14.8 Å². The van der Waals surface area contributed by atoms with Crippen molar-refractivity contribution in [2.75, 3.05) is 11.5 Å². The quantitative estimate of drug-likeness (QED) is 0.490. The van der Waals surface area contributed by atoms with Crippen molar-refractivity contribution in [2.24, 2.45) is 0 Å². The Hall–Kier alpha value is -0.160. The molecule has 0 N–H and O–H groups in total. The average Bonchev–Trinajstić information content (AvgIpc) is 2.59. The molecule has 0 aliphatic carbocycles. The van der Waals surface area contributed by atoms with E-state index in [2.05, 4.69) is 27.4 Å². The number of unbranched alkanes of at least 4 members (excludes halogenated alkanes) is 2. The maximum Gasteiger partial charge on any atom is 0.191 e. The van der Waals surface area contributed by atoms with Gasteiger partial charge in [-0.15, -0.1) is 10.2 Å². The van der Waals surface area contributed by atoms with Crippen LogP contribution in [0.25, 0.3) is 0 Å². The second-order valence-electron chi connectivity index (χ2n) is 4.49. The van der Waals surface area contributed by atoms with Crippen LogP contribution in [0.15, 0.2) is 5.16 Å². The number of aromatic nitrogens is 3. The van der Waals surface area contributed by atoms with Crippen LogP contribution in [0, 0.1) is 0 Å². The normalized spacial score (nSPS) is 15.6. The smallest absolute Gasteiger partial charge is 0.191 e. The van der Waals surface area contributed by atoms with Crippen LogP contribution in [-0.4, -0.2) is 26.3 Å². The number of hydrogen-bond acceptors (Lipinski definition) is 4. The minimum Gasteiger partial charge on any atom is -0.306 e. The number of thiol groups is 1. The molecule has 0 radical (unpaired) electrons. The van der Waals surface area contributed by atoms with Gasteiger partial charge in [-0.1, -0.05) is 24.6 Å². The summed E-state index contributed by atoms with van der Waals surface area (Å²) in [5.41, 5.74) is 0. The molecule has 0 atom stereocenters. The van der Waals surface area contributed by atoms with E-state index in [1.807, 2.05) is 11.8 Å². The Kier molecular flexibility index (Phi) is 5.71. The van der Waals surface area contributed by atoms with E-state index >= 15 is 0 Å². The van der Waals surface area contributed by atoms with Crippen molar-refractivity contribution in [3.05, 3.63) is 5.82 Å². The molecule has 0 unspecified atom stereocenters. The number of nitrogens with zero attached hydrogens (tertiary/aromatic N) is 3. The molecule has 17 heavy (non-hydrogen) atoms. The van der Waals surface area contributed by atoms with Gasteiger partial charge in [0.05, 0.1) is 0 Å². The molecule has 0 saturated heterocycles. The number of fused-ring (bicyclic) bond motifs is 1. The first-order chi connectivity index (χ1) is 8.42. The Bertz CT molecular complexity index is 338. The lowest BCUT2D eigenvalue weighted by molar-refractivity contribution is 0.590. The zero-order valence-corrected chi connectivity index (χ0v) is 12.0. The fraction of sp³-hybridized carbons (Fsp3) is 0.833. The molecular formula is C12H21N3S2. The van der Waals surface area contributed by atoms with Crippen LogP contribution in [0.1, 0.15) is 44.3 Å². The molecule has 1 aliphatic heterocycles. The van der Waals surface area contributed by atoms with Gasteiger partial charge in [0.1, 0.15) is 5.82 Å². The minimum atomic E-state index is 1.00. The van der Waals surface area contributed by atoms with Gasteiger partial charge in [0, 0.05) is 18.7 Å². The molecule has 96 valence electrons. The summed E-state index contributed by atoms with van der Waals surface area (Å²) >= 11 is 6.09. The molecule has 0 saturated carbocycles. The van der Waals surface area contributed by atoms with Gasteiger partial charge in [-0.3, -0.25) is 0 Å². The van der Waals surface area contributed by atoms with Gasteiger partial charge in [0.15, 0.2) is 5.16 Å². The summed E-state index contributed by atoms with van der Waals surface area (Å²) in [7, 11) is 0. The van der Waals surface area contributed by atoms with Crippen LogP contribution in [0.4, 0.5) is 0 Å². The van der Waals surface area contributed by atoms with Crippen molar-refractivity contribution in [3.63, 3.8) is 0 Å². The predicted octanol–water partition coefficient (Wildman–Crippen LogP) is 3.20. The zero-order valence-electron chi connectivity index (χ0n) is 10.3. The van der Waals surface area contributed by atoms with Crippen molar-refractivity contribution in [1.29, 1.82) is 0 Å². The maximum absolute atomic E-state index is 4.32. The molecule has 1 aromatic rings. The lowest BCUT2D eigenvalue weighted by Crippen LogP contribution is -2.02. The SMILES string of the molecule is SCCCCCSc1nnc2n1CCCCC2. The van der Waals surface area contributed by atoms with Crippen LogP contribution >= 0.6 is 24.4 Å². The van der Waals surface area contributed by atoms with E-state index in [0.29, 0.717) is 0 Å². The number of rotatable bonds is 6. The van der Waals surface area contributed by atoms with Crippen molar-refractivity contribution >= 4 is 24.4 Å². The second kappa shape index (κ2) is 7.31. The van der Waals surface area contributed by atoms with E-state index in [-0.39, 0.29) is 0 Å². The van der Waals surface area contributed by atoms with Crippen molar-refractivity contribution in [3.8, 4) is 0 Å². The van der Waals surface area contributed by atoms with Gasteiger partial charge in [0.2, 0.25) is 0 Å². The minimum absolute atomic E-state index is 1.00. The van der Waals surface area contributed by atoms with Crippen LogP contribution in [0.3, 0.4) is 0 Å². The highest BCUT2D eigenvalue weighted by Crippen LogP contribution is 2.22. The van der Waals surface area contributed by atoms with Crippen molar-refractivity contribution in [2.45, 2.75) is 56.6 Å². The Morgan fingerprint density at radius 2 is 2.06 bits per heavy atom. The molecule has 2 rings (SSSR count). The third kappa shape index (κ3) is 3.91. The Morgan fingerprint density at radius 1 is 1.12 bits per heavy atom. The summed E-state index contributed by atoms with van der Waals surface area (Å²) in [5, 5.41) is 9.76. The van der Waals surface area contributed by atoms with E-state index in [9.17, 15) is 0 Å². The number of aryl methyl sites for hydroxylation is 1. The summed E-state index contributed by atoms with van der Waals surface area (Å²) in [6.45, 7) is 1.11.